The zero-order chi connectivity index (χ0) is 12.1. The molecule has 2 atom stereocenters. The molecule has 1 rings (SSSR count). The van der Waals surface area contributed by atoms with Crippen LogP contribution in [0, 0.1) is 5.92 Å². The number of nitrogens with zero attached hydrogens (tertiary/aromatic N) is 1. The van der Waals surface area contributed by atoms with Crippen LogP contribution in [-0.4, -0.2) is 34.6 Å². The predicted octanol–water partition coefficient (Wildman–Crippen LogP) is 0.785. The molecule has 92 valence electrons. The van der Waals surface area contributed by atoms with Crippen LogP contribution < -0.4 is 5.73 Å². The SMILES string of the molecule is CCCCCC(N)N1CC(C(=O)O)CC1=O. The van der Waals surface area contributed by atoms with Gasteiger partial charge in [0.2, 0.25) is 5.91 Å². The number of hydrogen-bond acceptors (Lipinski definition) is 3. The molecule has 1 fully saturated rings. The molecule has 5 nitrogen and oxygen atoms in total. The number of carbonyl (C=O) groups excluding carboxylic acids is 1. The highest BCUT2D eigenvalue weighted by atomic mass is 16.4. The Bertz CT molecular complexity index is 268. The smallest absolute Gasteiger partial charge is 0.308 e. The van der Waals surface area contributed by atoms with Gasteiger partial charge in [-0.05, 0) is 6.42 Å². The van der Waals surface area contributed by atoms with Crippen molar-refractivity contribution in [2.45, 2.75) is 45.2 Å². The summed E-state index contributed by atoms with van der Waals surface area (Å²) in [6.45, 7) is 2.37. The lowest BCUT2D eigenvalue weighted by Gasteiger charge is -2.24. The summed E-state index contributed by atoms with van der Waals surface area (Å²) in [5.41, 5.74) is 5.88. The van der Waals surface area contributed by atoms with Gasteiger partial charge in [0, 0.05) is 13.0 Å². The van der Waals surface area contributed by atoms with E-state index in [0.717, 1.165) is 25.7 Å². The molecule has 5 heteroatoms. The number of nitrogens with two attached hydrogens (primary N) is 1. The minimum Gasteiger partial charge on any atom is -0.481 e. The number of rotatable bonds is 6. The first-order valence-electron chi connectivity index (χ1n) is 5.84. The molecule has 3 N–H and O–H groups in total. The summed E-state index contributed by atoms with van der Waals surface area (Å²) in [6, 6.07) is 0. The van der Waals surface area contributed by atoms with Crippen LogP contribution >= 0.6 is 0 Å². The molecule has 2 unspecified atom stereocenters. The Morgan fingerprint density at radius 3 is 2.81 bits per heavy atom. The van der Waals surface area contributed by atoms with Gasteiger partial charge in [0.05, 0.1) is 12.1 Å². The minimum absolute atomic E-state index is 0.0941. The molecule has 1 saturated heterocycles. The third kappa shape index (κ3) is 3.20. The van der Waals surface area contributed by atoms with Crippen molar-refractivity contribution in [2.24, 2.45) is 11.7 Å². The van der Waals surface area contributed by atoms with Crippen LogP contribution in [0.4, 0.5) is 0 Å². The third-order valence-corrected chi connectivity index (χ3v) is 3.01. The normalized spacial score (nSPS) is 22.5. The second-order valence-electron chi connectivity index (χ2n) is 4.35. The van der Waals surface area contributed by atoms with Gasteiger partial charge < -0.3 is 15.7 Å². The third-order valence-electron chi connectivity index (χ3n) is 3.01. The Kier molecular flexibility index (Phi) is 4.73. The summed E-state index contributed by atoms with van der Waals surface area (Å²) in [5, 5.41) is 8.83. The topological polar surface area (TPSA) is 83.6 Å². The molecule has 1 heterocycles. The summed E-state index contributed by atoms with van der Waals surface area (Å²) in [6.07, 6.45) is 3.72. The average Bonchev–Trinajstić information content (AvgIpc) is 2.61. The molecule has 0 aliphatic carbocycles. The van der Waals surface area contributed by atoms with E-state index in [1.54, 1.807) is 0 Å². The highest BCUT2D eigenvalue weighted by Crippen LogP contribution is 2.20. The van der Waals surface area contributed by atoms with Crippen molar-refractivity contribution in [2.75, 3.05) is 6.54 Å². The van der Waals surface area contributed by atoms with Crippen LogP contribution in [-0.2, 0) is 9.59 Å². The van der Waals surface area contributed by atoms with Gasteiger partial charge in [0.15, 0.2) is 0 Å². The van der Waals surface area contributed by atoms with Gasteiger partial charge in [-0.1, -0.05) is 26.2 Å². The van der Waals surface area contributed by atoms with Gasteiger partial charge in [-0.3, -0.25) is 9.59 Å². The molecule has 1 amide bonds. The molecule has 1 aliphatic rings. The predicted molar refractivity (Wildman–Crippen MR) is 59.6 cm³/mol. The number of amides is 1. The van der Waals surface area contributed by atoms with Crippen LogP contribution in [0.1, 0.15) is 39.0 Å². The van der Waals surface area contributed by atoms with Crippen molar-refractivity contribution in [1.82, 2.24) is 4.90 Å². The van der Waals surface area contributed by atoms with Crippen molar-refractivity contribution in [3.63, 3.8) is 0 Å². The van der Waals surface area contributed by atoms with E-state index in [4.69, 9.17) is 10.8 Å². The van der Waals surface area contributed by atoms with Crippen molar-refractivity contribution in [3.8, 4) is 0 Å². The Morgan fingerprint density at radius 2 is 2.31 bits per heavy atom. The first kappa shape index (κ1) is 13.0. The quantitative estimate of drug-likeness (QED) is 0.658. The van der Waals surface area contributed by atoms with E-state index in [1.807, 2.05) is 0 Å². The van der Waals surface area contributed by atoms with Gasteiger partial charge in [0.25, 0.3) is 0 Å². The molecular formula is C11H20N2O3. The molecular weight excluding hydrogens is 208 g/mol. The lowest BCUT2D eigenvalue weighted by molar-refractivity contribution is -0.141. The van der Waals surface area contributed by atoms with E-state index in [2.05, 4.69) is 6.92 Å². The van der Waals surface area contributed by atoms with E-state index < -0.39 is 11.9 Å². The number of carboxylic acid groups (broad SMARTS) is 1. The first-order chi connectivity index (χ1) is 7.56. The lowest BCUT2D eigenvalue weighted by Crippen LogP contribution is -2.43. The average molecular weight is 228 g/mol. The fourth-order valence-corrected chi connectivity index (χ4v) is 1.98. The summed E-state index contributed by atoms with van der Waals surface area (Å²) >= 11 is 0. The lowest BCUT2D eigenvalue weighted by atomic mass is 10.1. The summed E-state index contributed by atoms with van der Waals surface area (Å²) in [4.78, 5) is 23.8. The second-order valence-corrected chi connectivity index (χ2v) is 4.35. The van der Waals surface area contributed by atoms with E-state index in [0.29, 0.717) is 0 Å². The fraction of sp³-hybridized carbons (Fsp3) is 0.818. The van der Waals surface area contributed by atoms with E-state index in [9.17, 15) is 9.59 Å². The molecule has 0 aromatic rings. The molecule has 16 heavy (non-hydrogen) atoms. The standard InChI is InChI=1S/C11H20N2O3/c1-2-3-4-5-9(12)13-7-8(11(15)16)6-10(13)14/h8-9H,2-7,12H2,1H3,(H,15,16). The fourth-order valence-electron chi connectivity index (χ4n) is 1.98. The van der Waals surface area contributed by atoms with Gasteiger partial charge in [0.1, 0.15) is 0 Å². The Labute approximate surface area is 95.6 Å². The van der Waals surface area contributed by atoms with E-state index in [1.165, 1.54) is 4.90 Å². The van der Waals surface area contributed by atoms with Crippen molar-refractivity contribution in [3.05, 3.63) is 0 Å². The zero-order valence-corrected chi connectivity index (χ0v) is 9.69. The molecule has 0 bridgehead atoms. The van der Waals surface area contributed by atoms with Crippen LogP contribution in [0.15, 0.2) is 0 Å². The number of hydrogen-bond donors (Lipinski definition) is 2. The van der Waals surface area contributed by atoms with Crippen LogP contribution in [0.3, 0.4) is 0 Å². The maximum absolute atomic E-state index is 11.5. The van der Waals surface area contributed by atoms with Gasteiger partial charge in [-0.15, -0.1) is 0 Å². The molecule has 0 aromatic heterocycles. The van der Waals surface area contributed by atoms with E-state index in [-0.39, 0.29) is 25.0 Å². The van der Waals surface area contributed by atoms with Crippen LogP contribution in [0.25, 0.3) is 0 Å². The van der Waals surface area contributed by atoms with Gasteiger partial charge >= 0.3 is 5.97 Å². The van der Waals surface area contributed by atoms with Crippen molar-refractivity contribution < 1.29 is 14.7 Å². The second kappa shape index (κ2) is 5.84. The zero-order valence-electron chi connectivity index (χ0n) is 9.69. The number of carbonyl (C=O) groups is 2. The highest BCUT2D eigenvalue weighted by Gasteiger charge is 2.36. The maximum Gasteiger partial charge on any atom is 0.308 e. The minimum atomic E-state index is -0.906. The summed E-state index contributed by atoms with van der Waals surface area (Å²) < 4.78 is 0. The molecule has 0 radical (unpaired) electrons. The van der Waals surface area contributed by atoms with Gasteiger partial charge in [-0.2, -0.15) is 0 Å². The molecule has 0 aromatic carbocycles. The largest absolute Gasteiger partial charge is 0.481 e. The first-order valence-corrected chi connectivity index (χ1v) is 5.84. The number of unbranched alkanes of at least 4 members (excludes halogenated alkanes) is 2. The van der Waals surface area contributed by atoms with Crippen LogP contribution in [0.5, 0.6) is 0 Å². The molecule has 1 aliphatic heterocycles. The maximum atomic E-state index is 11.5. The number of carboxylic acids is 1. The Balaban J connectivity index is 2.41. The van der Waals surface area contributed by atoms with Crippen molar-refractivity contribution >= 4 is 11.9 Å². The van der Waals surface area contributed by atoms with Gasteiger partial charge in [-0.25, -0.2) is 0 Å². The Hall–Kier alpha value is -1.10. The Morgan fingerprint density at radius 1 is 1.62 bits per heavy atom. The molecule has 0 spiro atoms. The van der Waals surface area contributed by atoms with Crippen molar-refractivity contribution in [1.29, 1.82) is 0 Å². The summed E-state index contributed by atoms with van der Waals surface area (Å²) in [7, 11) is 0. The monoisotopic (exact) mass is 228 g/mol. The number of aliphatic carboxylic acids is 1. The van der Waals surface area contributed by atoms with Crippen LogP contribution in [0.2, 0.25) is 0 Å². The molecule has 0 saturated carbocycles. The summed E-state index contributed by atoms with van der Waals surface area (Å²) in [5.74, 6) is -1.61. The highest BCUT2D eigenvalue weighted by molar-refractivity contribution is 5.86. The number of likely N-dealkylation sites (tertiary alicyclic amines) is 1. The van der Waals surface area contributed by atoms with E-state index >= 15 is 0 Å².